The number of nitro benzene ring substituents is 1. The second kappa shape index (κ2) is 3.97. The average Bonchev–Trinajstić information content (AvgIpc) is 2.64. The molecule has 0 unspecified atom stereocenters. The van der Waals surface area contributed by atoms with Crippen molar-refractivity contribution in [1.29, 1.82) is 0 Å². The van der Waals surface area contributed by atoms with Crippen LogP contribution in [0.3, 0.4) is 0 Å². The first-order chi connectivity index (χ1) is 7.58. The highest BCUT2D eigenvalue weighted by molar-refractivity contribution is 6.30. The SMILES string of the molecule is O=C1NC[C@H](c2cc(Cl)ccc2[N+](=O)[O-])N1. The van der Waals surface area contributed by atoms with Crippen LogP contribution in [-0.2, 0) is 0 Å². The van der Waals surface area contributed by atoms with E-state index in [1.54, 1.807) is 0 Å². The molecule has 2 rings (SSSR count). The van der Waals surface area contributed by atoms with Gasteiger partial charge in [-0.2, -0.15) is 0 Å². The molecule has 0 bridgehead atoms. The standard InChI is InChI=1S/C9H8ClN3O3/c10-5-1-2-8(13(15)16)6(3-5)7-4-11-9(14)12-7/h1-3,7H,4H2,(H2,11,12,14)/t7-/m1/s1. The summed E-state index contributed by atoms with van der Waals surface area (Å²) in [6, 6.07) is 3.54. The maximum atomic E-state index is 11.0. The Kier molecular flexibility index (Phi) is 2.66. The first-order valence-corrected chi connectivity index (χ1v) is 4.94. The van der Waals surface area contributed by atoms with E-state index < -0.39 is 11.0 Å². The van der Waals surface area contributed by atoms with Crippen molar-refractivity contribution < 1.29 is 9.72 Å². The minimum Gasteiger partial charge on any atom is -0.336 e. The van der Waals surface area contributed by atoms with E-state index in [1.807, 2.05) is 0 Å². The maximum absolute atomic E-state index is 11.0. The van der Waals surface area contributed by atoms with Crippen LogP contribution in [0.15, 0.2) is 18.2 Å². The van der Waals surface area contributed by atoms with E-state index in [0.717, 1.165) is 0 Å². The van der Waals surface area contributed by atoms with Crippen LogP contribution >= 0.6 is 11.6 Å². The van der Waals surface area contributed by atoms with Gasteiger partial charge < -0.3 is 10.6 Å². The Morgan fingerprint density at radius 2 is 2.25 bits per heavy atom. The Balaban J connectivity index is 2.41. The van der Waals surface area contributed by atoms with Gasteiger partial charge in [0.05, 0.1) is 16.5 Å². The summed E-state index contributed by atoms with van der Waals surface area (Å²) in [4.78, 5) is 21.3. The molecule has 84 valence electrons. The van der Waals surface area contributed by atoms with E-state index >= 15 is 0 Å². The number of benzene rings is 1. The summed E-state index contributed by atoms with van der Waals surface area (Å²) < 4.78 is 0. The first-order valence-electron chi connectivity index (χ1n) is 4.56. The largest absolute Gasteiger partial charge is 0.336 e. The van der Waals surface area contributed by atoms with Crippen molar-refractivity contribution in [2.45, 2.75) is 6.04 Å². The Labute approximate surface area is 95.7 Å². The maximum Gasteiger partial charge on any atom is 0.315 e. The van der Waals surface area contributed by atoms with Gasteiger partial charge in [0.25, 0.3) is 5.69 Å². The predicted octanol–water partition coefficient (Wildman–Crippen LogP) is 1.60. The summed E-state index contributed by atoms with van der Waals surface area (Å²) in [6.45, 7) is 0.319. The smallest absolute Gasteiger partial charge is 0.315 e. The van der Waals surface area contributed by atoms with Gasteiger partial charge in [0.1, 0.15) is 0 Å². The molecule has 1 fully saturated rings. The fourth-order valence-electron chi connectivity index (χ4n) is 1.61. The van der Waals surface area contributed by atoms with E-state index in [9.17, 15) is 14.9 Å². The van der Waals surface area contributed by atoms with E-state index in [4.69, 9.17) is 11.6 Å². The molecule has 0 spiro atoms. The lowest BCUT2D eigenvalue weighted by Gasteiger charge is -2.09. The molecule has 2 amide bonds. The number of hydrogen-bond acceptors (Lipinski definition) is 3. The predicted molar refractivity (Wildman–Crippen MR) is 57.4 cm³/mol. The zero-order chi connectivity index (χ0) is 11.7. The van der Waals surface area contributed by atoms with Gasteiger partial charge in [0, 0.05) is 17.6 Å². The molecule has 1 atom stereocenters. The molecule has 1 aromatic rings. The van der Waals surface area contributed by atoms with Crippen LogP contribution < -0.4 is 10.6 Å². The molecule has 16 heavy (non-hydrogen) atoms. The van der Waals surface area contributed by atoms with Gasteiger partial charge >= 0.3 is 6.03 Å². The van der Waals surface area contributed by atoms with Crippen molar-refractivity contribution in [2.75, 3.05) is 6.54 Å². The average molecular weight is 242 g/mol. The van der Waals surface area contributed by atoms with Crippen LogP contribution in [0.1, 0.15) is 11.6 Å². The molecule has 1 heterocycles. The fourth-order valence-corrected chi connectivity index (χ4v) is 1.79. The molecule has 0 aliphatic carbocycles. The zero-order valence-corrected chi connectivity index (χ0v) is 8.82. The molecule has 1 aromatic carbocycles. The van der Waals surface area contributed by atoms with E-state index in [0.29, 0.717) is 17.1 Å². The van der Waals surface area contributed by atoms with Gasteiger partial charge in [-0.15, -0.1) is 0 Å². The van der Waals surface area contributed by atoms with Gasteiger partial charge in [-0.05, 0) is 12.1 Å². The number of hydrogen-bond donors (Lipinski definition) is 2. The Morgan fingerprint density at radius 3 is 2.81 bits per heavy atom. The molecular formula is C9H8ClN3O3. The number of nitrogens with zero attached hydrogens (tertiary/aromatic N) is 1. The lowest BCUT2D eigenvalue weighted by Crippen LogP contribution is -2.22. The summed E-state index contributed by atoms with van der Waals surface area (Å²) in [5, 5.41) is 16.3. The van der Waals surface area contributed by atoms with E-state index in [2.05, 4.69) is 10.6 Å². The Hall–Kier alpha value is -1.82. The van der Waals surface area contributed by atoms with Crippen LogP contribution in [0.5, 0.6) is 0 Å². The minimum absolute atomic E-state index is 0.0431. The molecule has 1 aliphatic rings. The lowest BCUT2D eigenvalue weighted by molar-refractivity contribution is -0.385. The monoisotopic (exact) mass is 241 g/mol. The summed E-state index contributed by atoms with van der Waals surface area (Å²) in [5.41, 5.74) is 0.370. The van der Waals surface area contributed by atoms with E-state index in [1.165, 1.54) is 18.2 Å². The summed E-state index contributed by atoms with van der Waals surface area (Å²) >= 11 is 5.78. The molecule has 7 heteroatoms. The molecule has 1 aliphatic heterocycles. The minimum atomic E-state index is -0.490. The van der Waals surface area contributed by atoms with Crippen molar-refractivity contribution in [3.8, 4) is 0 Å². The van der Waals surface area contributed by atoms with Crippen molar-refractivity contribution in [3.63, 3.8) is 0 Å². The number of rotatable bonds is 2. The second-order valence-corrected chi connectivity index (χ2v) is 3.80. The third kappa shape index (κ3) is 1.92. The third-order valence-electron chi connectivity index (χ3n) is 2.33. The summed E-state index contributed by atoms with van der Waals surface area (Å²) in [5.74, 6) is 0. The number of halogens is 1. The highest BCUT2D eigenvalue weighted by Crippen LogP contribution is 2.29. The van der Waals surface area contributed by atoms with Crippen LogP contribution in [0.2, 0.25) is 5.02 Å². The molecule has 6 nitrogen and oxygen atoms in total. The van der Waals surface area contributed by atoms with Gasteiger partial charge in [-0.1, -0.05) is 11.6 Å². The van der Waals surface area contributed by atoms with Gasteiger partial charge in [-0.25, -0.2) is 4.79 Å². The zero-order valence-electron chi connectivity index (χ0n) is 8.07. The summed E-state index contributed by atoms with van der Waals surface area (Å²) in [6.07, 6.45) is 0. The number of urea groups is 1. The van der Waals surface area contributed by atoms with Crippen molar-refractivity contribution >= 4 is 23.3 Å². The van der Waals surface area contributed by atoms with Crippen LogP contribution in [0, 0.1) is 10.1 Å². The van der Waals surface area contributed by atoms with Crippen molar-refractivity contribution in [1.82, 2.24) is 10.6 Å². The molecular weight excluding hydrogens is 234 g/mol. The Morgan fingerprint density at radius 1 is 1.50 bits per heavy atom. The molecule has 0 saturated carbocycles. The highest BCUT2D eigenvalue weighted by atomic mass is 35.5. The summed E-state index contributed by atoms with van der Waals surface area (Å²) in [7, 11) is 0. The van der Waals surface area contributed by atoms with E-state index in [-0.39, 0.29) is 11.7 Å². The number of nitrogens with one attached hydrogen (secondary N) is 2. The number of nitro groups is 1. The van der Waals surface area contributed by atoms with Gasteiger partial charge in [0.15, 0.2) is 0 Å². The first kappa shape index (κ1) is 10.7. The fraction of sp³-hybridized carbons (Fsp3) is 0.222. The Bertz CT molecular complexity index is 463. The van der Waals surface area contributed by atoms with Gasteiger partial charge in [-0.3, -0.25) is 10.1 Å². The number of carbonyl (C=O) groups excluding carboxylic acids is 1. The second-order valence-electron chi connectivity index (χ2n) is 3.37. The topological polar surface area (TPSA) is 84.3 Å². The molecule has 1 saturated heterocycles. The quantitative estimate of drug-likeness (QED) is 0.609. The molecule has 2 N–H and O–H groups in total. The molecule has 0 radical (unpaired) electrons. The highest BCUT2D eigenvalue weighted by Gasteiger charge is 2.28. The van der Waals surface area contributed by atoms with Crippen LogP contribution in [0.25, 0.3) is 0 Å². The third-order valence-corrected chi connectivity index (χ3v) is 2.57. The van der Waals surface area contributed by atoms with Crippen molar-refractivity contribution in [3.05, 3.63) is 38.9 Å². The number of carbonyl (C=O) groups is 1. The molecule has 0 aromatic heterocycles. The van der Waals surface area contributed by atoms with Crippen LogP contribution in [0.4, 0.5) is 10.5 Å². The van der Waals surface area contributed by atoms with Gasteiger partial charge in [0.2, 0.25) is 0 Å². The normalized spacial score (nSPS) is 19.1. The van der Waals surface area contributed by atoms with Crippen LogP contribution in [-0.4, -0.2) is 17.5 Å². The number of amides is 2. The lowest BCUT2D eigenvalue weighted by atomic mass is 10.1. The van der Waals surface area contributed by atoms with Crippen molar-refractivity contribution in [2.24, 2.45) is 0 Å².